The lowest BCUT2D eigenvalue weighted by molar-refractivity contribution is 0.413. The molecule has 21 heavy (non-hydrogen) atoms. The first kappa shape index (κ1) is 15.1. The molecule has 3 N–H and O–H groups in total. The molecular weight excluding hydrogens is 276 g/mol. The number of nitrogens with two attached hydrogens (primary N) is 1. The highest BCUT2D eigenvalue weighted by atomic mass is 19.2. The van der Waals surface area contributed by atoms with Crippen molar-refractivity contribution >= 4 is 17.5 Å². The molecule has 0 spiro atoms. The van der Waals surface area contributed by atoms with Gasteiger partial charge in [0.25, 0.3) is 0 Å². The standard InChI is InChI=1S/C14H17F2N5/c1-21(2)7-6-9-8-18-14(20-13(9)17)19-11-5-3-4-10(15)12(11)16/h3-5,8H,6-7H2,1-2H3,(H3,17,18,19,20). The zero-order valence-corrected chi connectivity index (χ0v) is 11.9. The van der Waals surface area contributed by atoms with Crippen LogP contribution in [0.1, 0.15) is 5.56 Å². The first-order chi connectivity index (χ1) is 9.97. The Kier molecular flexibility index (Phi) is 4.64. The monoisotopic (exact) mass is 293 g/mol. The molecule has 1 aromatic heterocycles. The molecule has 1 aromatic carbocycles. The van der Waals surface area contributed by atoms with Crippen LogP contribution in [0.4, 0.5) is 26.2 Å². The summed E-state index contributed by atoms with van der Waals surface area (Å²) < 4.78 is 26.7. The van der Waals surface area contributed by atoms with E-state index in [2.05, 4.69) is 15.3 Å². The van der Waals surface area contributed by atoms with Gasteiger partial charge in [0.1, 0.15) is 5.82 Å². The van der Waals surface area contributed by atoms with Gasteiger partial charge < -0.3 is 16.0 Å². The summed E-state index contributed by atoms with van der Waals surface area (Å²) in [6.45, 7) is 0.818. The Morgan fingerprint density at radius 3 is 2.71 bits per heavy atom. The van der Waals surface area contributed by atoms with Gasteiger partial charge in [-0.1, -0.05) is 6.07 Å². The zero-order chi connectivity index (χ0) is 15.4. The van der Waals surface area contributed by atoms with E-state index in [1.54, 1.807) is 6.20 Å². The van der Waals surface area contributed by atoms with Gasteiger partial charge in [-0.05, 0) is 32.6 Å². The van der Waals surface area contributed by atoms with Crippen LogP contribution in [0.2, 0.25) is 0 Å². The second kappa shape index (κ2) is 6.45. The van der Waals surface area contributed by atoms with Crippen LogP contribution in [0.5, 0.6) is 0 Å². The van der Waals surface area contributed by atoms with Crippen molar-refractivity contribution in [1.29, 1.82) is 0 Å². The summed E-state index contributed by atoms with van der Waals surface area (Å²) in [6, 6.07) is 3.84. The van der Waals surface area contributed by atoms with E-state index in [4.69, 9.17) is 5.73 Å². The van der Waals surface area contributed by atoms with E-state index in [-0.39, 0.29) is 11.6 Å². The van der Waals surface area contributed by atoms with Crippen molar-refractivity contribution in [2.45, 2.75) is 6.42 Å². The topological polar surface area (TPSA) is 67.1 Å². The lowest BCUT2D eigenvalue weighted by atomic mass is 10.2. The van der Waals surface area contributed by atoms with Crippen molar-refractivity contribution in [3.8, 4) is 0 Å². The number of aromatic nitrogens is 2. The van der Waals surface area contributed by atoms with Gasteiger partial charge in [-0.15, -0.1) is 0 Å². The van der Waals surface area contributed by atoms with E-state index in [0.717, 1.165) is 18.2 Å². The number of nitrogens with zero attached hydrogens (tertiary/aromatic N) is 3. The van der Waals surface area contributed by atoms with Crippen LogP contribution >= 0.6 is 0 Å². The number of hydrogen-bond acceptors (Lipinski definition) is 5. The molecule has 0 aliphatic carbocycles. The molecule has 0 aliphatic heterocycles. The number of rotatable bonds is 5. The van der Waals surface area contributed by atoms with Crippen molar-refractivity contribution < 1.29 is 8.78 Å². The van der Waals surface area contributed by atoms with Gasteiger partial charge in [0.2, 0.25) is 5.95 Å². The number of nitrogen functional groups attached to an aromatic ring is 1. The van der Waals surface area contributed by atoms with Crippen LogP contribution in [0.25, 0.3) is 0 Å². The molecule has 0 bridgehead atoms. The maximum atomic E-state index is 13.5. The van der Waals surface area contributed by atoms with Crippen LogP contribution in [0.3, 0.4) is 0 Å². The zero-order valence-electron chi connectivity index (χ0n) is 11.9. The molecule has 0 saturated heterocycles. The number of benzene rings is 1. The lowest BCUT2D eigenvalue weighted by Crippen LogP contribution is -2.16. The van der Waals surface area contributed by atoms with Crippen molar-refractivity contribution in [2.24, 2.45) is 0 Å². The molecule has 0 saturated carbocycles. The van der Waals surface area contributed by atoms with Crippen LogP contribution in [0, 0.1) is 11.6 Å². The first-order valence-electron chi connectivity index (χ1n) is 6.44. The summed E-state index contributed by atoms with van der Waals surface area (Å²) in [5.41, 5.74) is 6.63. The molecule has 2 aromatic rings. The van der Waals surface area contributed by atoms with E-state index in [0.29, 0.717) is 12.2 Å². The van der Waals surface area contributed by atoms with Crippen molar-refractivity contribution in [1.82, 2.24) is 14.9 Å². The Balaban J connectivity index is 2.15. The summed E-state index contributed by atoms with van der Waals surface area (Å²) in [4.78, 5) is 10.2. The molecule has 2 rings (SSSR count). The fourth-order valence-electron chi connectivity index (χ4n) is 1.74. The highest BCUT2D eigenvalue weighted by molar-refractivity contribution is 5.56. The summed E-state index contributed by atoms with van der Waals surface area (Å²) in [6.07, 6.45) is 2.30. The average molecular weight is 293 g/mol. The van der Waals surface area contributed by atoms with Gasteiger partial charge in [0.05, 0.1) is 5.69 Å². The number of anilines is 3. The molecule has 0 fully saturated rings. The van der Waals surface area contributed by atoms with Crippen molar-refractivity contribution in [2.75, 3.05) is 31.7 Å². The minimum Gasteiger partial charge on any atom is -0.383 e. The lowest BCUT2D eigenvalue weighted by Gasteiger charge is -2.11. The molecule has 7 heteroatoms. The number of halogens is 2. The Bertz CT molecular complexity index is 631. The van der Waals surface area contributed by atoms with Gasteiger partial charge in [0.15, 0.2) is 11.6 Å². The maximum Gasteiger partial charge on any atom is 0.229 e. The highest BCUT2D eigenvalue weighted by Crippen LogP contribution is 2.20. The van der Waals surface area contributed by atoms with E-state index < -0.39 is 11.6 Å². The quantitative estimate of drug-likeness (QED) is 0.884. The first-order valence-corrected chi connectivity index (χ1v) is 6.44. The van der Waals surface area contributed by atoms with Gasteiger partial charge in [0, 0.05) is 18.3 Å². The molecule has 0 atom stereocenters. The fraction of sp³-hybridized carbons (Fsp3) is 0.286. The SMILES string of the molecule is CN(C)CCc1cnc(Nc2cccc(F)c2F)nc1N. The smallest absolute Gasteiger partial charge is 0.229 e. The number of likely N-dealkylation sites (N-methyl/N-ethyl adjacent to an activating group) is 1. The van der Waals surface area contributed by atoms with Gasteiger partial charge in [-0.25, -0.2) is 13.8 Å². The molecule has 112 valence electrons. The molecule has 0 amide bonds. The Hall–Kier alpha value is -2.28. The number of hydrogen-bond donors (Lipinski definition) is 2. The van der Waals surface area contributed by atoms with Crippen LogP contribution in [-0.2, 0) is 6.42 Å². The Morgan fingerprint density at radius 2 is 2.05 bits per heavy atom. The minimum atomic E-state index is -0.976. The molecule has 1 heterocycles. The predicted octanol–water partition coefficient (Wildman–Crippen LogP) is 2.18. The van der Waals surface area contributed by atoms with Crippen LogP contribution in [-0.4, -0.2) is 35.5 Å². The van der Waals surface area contributed by atoms with E-state index in [1.165, 1.54) is 12.1 Å². The maximum absolute atomic E-state index is 13.5. The molecule has 0 radical (unpaired) electrons. The van der Waals surface area contributed by atoms with E-state index in [1.807, 2.05) is 19.0 Å². The Labute approximate surface area is 121 Å². The molecular formula is C14H17F2N5. The van der Waals surface area contributed by atoms with Gasteiger partial charge in [-0.2, -0.15) is 4.98 Å². The molecule has 0 aliphatic rings. The summed E-state index contributed by atoms with van der Waals surface area (Å²) >= 11 is 0. The number of nitrogens with one attached hydrogen (secondary N) is 1. The summed E-state index contributed by atoms with van der Waals surface area (Å²) in [7, 11) is 3.92. The highest BCUT2D eigenvalue weighted by Gasteiger charge is 2.10. The normalized spacial score (nSPS) is 10.9. The average Bonchev–Trinajstić information content (AvgIpc) is 2.43. The van der Waals surface area contributed by atoms with Gasteiger partial charge >= 0.3 is 0 Å². The summed E-state index contributed by atoms with van der Waals surface area (Å²) in [5, 5.41) is 2.62. The van der Waals surface area contributed by atoms with E-state index in [9.17, 15) is 8.78 Å². The van der Waals surface area contributed by atoms with Crippen molar-refractivity contribution in [3.63, 3.8) is 0 Å². The Morgan fingerprint density at radius 1 is 1.29 bits per heavy atom. The third-order valence-electron chi connectivity index (χ3n) is 2.92. The molecule has 0 unspecified atom stereocenters. The van der Waals surface area contributed by atoms with Crippen LogP contribution in [0.15, 0.2) is 24.4 Å². The third kappa shape index (κ3) is 3.85. The van der Waals surface area contributed by atoms with Crippen LogP contribution < -0.4 is 11.1 Å². The third-order valence-corrected chi connectivity index (χ3v) is 2.92. The fourth-order valence-corrected chi connectivity index (χ4v) is 1.74. The molecule has 5 nitrogen and oxygen atoms in total. The second-order valence-electron chi connectivity index (χ2n) is 4.88. The predicted molar refractivity (Wildman–Crippen MR) is 78.3 cm³/mol. The van der Waals surface area contributed by atoms with Crippen molar-refractivity contribution in [3.05, 3.63) is 41.6 Å². The second-order valence-corrected chi connectivity index (χ2v) is 4.88. The van der Waals surface area contributed by atoms with Gasteiger partial charge in [-0.3, -0.25) is 0 Å². The summed E-state index contributed by atoms with van der Waals surface area (Å²) in [5.74, 6) is -1.45. The largest absolute Gasteiger partial charge is 0.383 e. The van der Waals surface area contributed by atoms with E-state index >= 15 is 0 Å². The minimum absolute atomic E-state index is 0.0320.